The summed E-state index contributed by atoms with van der Waals surface area (Å²) < 4.78 is 11.9. The Morgan fingerprint density at radius 3 is 2.46 bits per heavy atom. The van der Waals surface area contributed by atoms with E-state index in [0.717, 1.165) is 52.4 Å². The van der Waals surface area contributed by atoms with Crippen molar-refractivity contribution in [1.82, 2.24) is 5.32 Å². The third-order valence-electron chi connectivity index (χ3n) is 6.86. The zero-order valence-corrected chi connectivity index (χ0v) is 17.5. The minimum Gasteiger partial charge on any atom is -0.450 e. The van der Waals surface area contributed by atoms with E-state index in [1.54, 1.807) is 0 Å². The molecule has 148 valence electrons. The lowest BCUT2D eigenvalue weighted by atomic mass is 9.53. The molecule has 0 atom stereocenters. The molecule has 0 spiro atoms. The van der Waals surface area contributed by atoms with Crippen LogP contribution in [0.1, 0.15) is 54.6 Å². The Kier molecular flexibility index (Phi) is 4.30. The third kappa shape index (κ3) is 3.15. The van der Waals surface area contributed by atoms with Crippen LogP contribution in [-0.4, -0.2) is 24.0 Å². The summed E-state index contributed by atoms with van der Waals surface area (Å²) in [6.07, 6.45) is 7.21. The fourth-order valence-corrected chi connectivity index (χ4v) is 6.54. The first-order chi connectivity index (χ1) is 13.4. The van der Waals surface area contributed by atoms with Crippen molar-refractivity contribution in [3.8, 4) is 0 Å². The molecule has 4 saturated carbocycles. The number of rotatable bonds is 4. The van der Waals surface area contributed by atoms with Gasteiger partial charge in [0.2, 0.25) is 5.76 Å². The number of halogens is 1. The number of esters is 1. The molecule has 4 fully saturated rings. The maximum absolute atomic E-state index is 12.5. The van der Waals surface area contributed by atoms with E-state index in [2.05, 4.69) is 21.2 Å². The van der Waals surface area contributed by atoms with Gasteiger partial charge in [0.25, 0.3) is 5.91 Å². The number of aryl methyl sites for hydroxylation is 1. The largest absolute Gasteiger partial charge is 0.450 e. The minimum atomic E-state index is -0.592. The Balaban J connectivity index is 1.23. The van der Waals surface area contributed by atoms with Gasteiger partial charge >= 0.3 is 5.97 Å². The molecule has 0 unspecified atom stereocenters. The SMILES string of the molecule is Cc1c(C(=O)OCC(=O)NC23CC4CC(CC(C4)C2)C3)oc2ccc(Br)cc12. The van der Waals surface area contributed by atoms with E-state index < -0.39 is 5.97 Å². The number of amides is 1. The summed E-state index contributed by atoms with van der Waals surface area (Å²) in [5.74, 6) is 1.64. The smallest absolute Gasteiger partial charge is 0.375 e. The van der Waals surface area contributed by atoms with Crippen LogP contribution in [0.4, 0.5) is 0 Å². The van der Waals surface area contributed by atoms with Crippen LogP contribution in [0.5, 0.6) is 0 Å². The Bertz CT molecular complexity index is 928. The van der Waals surface area contributed by atoms with Crippen molar-refractivity contribution < 1.29 is 18.7 Å². The molecule has 1 N–H and O–H groups in total. The van der Waals surface area contributed by atoms with Crippen LogP contribution >= 0.6 is 15.9 Å². The van der Waals surface area contributed by atoms with Crippen LogP contribution in [0.25, 0.3) is 11.0 Å². The molecule has 1 amide bonds. The van der Waals surface area contributed by atoms with Crippen molar-refractivity contribution >= 4 is 38.8 Å². The summed E-state index contributed by atoms with van der Waals surface area (Å²) in [5.41, 5.74) is 1.29. The van der Waals surface area contributed by atoms with Crippen LogP contribution in [0.2, 0.25) is 0 Å². The molecule has 6 rings (SSSR count). The second kappa shape index (κ2) is 6.61. The fraction of sp³-hybridized carbons (Fsp3) is 0.545. The molecule has 4 bridgehead atoms. The predicted molar refractivity (Wildman–Crippen MR) is 108 cm³/mol. The number of ether oxygens (including phenoxy) is 1. The van der Waals surface area contributed by atoms with Gasteiger partial charge in [-0.2, -0.15) is 0 Å². The first-order valence-electron chi connectivity index (χ1n) is 10.1. The number of hydrogen-bond acceptors (Lipinski definition) is 4. The number of carbonyl (C=O) groups excluding carboxylic acids is 2. The van der Waals surface area contributed by atoms with Crippen LogP contribution in [-0.2, 0) is 9.53 Å². The molecule has 28 heavy (non-hydrogen) atoms. The van der Waals surface area contributed by atoms with Crippen LogP contribution < -0.4 is 5.32 Å². The van der Waals surface area contributed by atoms with Crippen LogP contribution in [0.15, 0.2) is 27.1 Å². The van der Waals surface area contributed by atoms with Gasteiger partial charge in [-0.3, -0.25) is 4.79 Å². The Morgan fingerprint density at radius 1 is 1.18 bits per heavy atom. The van der Waals surface area contributed by atoms with E-state index in [9.17, 15) is 9.59 Å². The van der Waals surface area contributed by atoms with Crippen LogP contribution in [0, 0.1) is 24.7 Å². The van der Waals surface area contributed by atoms with Gasteiger partial charge in [0.1, 0.15) is 5.58 Å². The maximum atomic E-state index is 12.5. The highest BCUT2D eigenvalue weighted by Gasteiger charge is 2.51. The zero-order valence-electron chi connectivity index (χ0n) is 15.9. The van der Waals surface area contributed by atoms with E-state index in [1.165, 1.54) is 19.3 Å². The minimum absolute atomic E-state index is 0.0696. The summed E-state index contributed by atoms with van der Waals surface area (Å²) in [6.45, 7) is 1.56. The fourth-order valence-electron chi connectivity index (χ4n) is 6.18. The predicted octanol–water partition coefficient (Wildman–Crippen LogP) is 4.75. The quantitative estimate of drug-likeness (QED) is 0.689. The lowest BCUT2D eigenvalue weighted by Crippen LogP contribution is -2.60. The summed E-state index contributed by atoms with van der Waals surface area (Å²) >= 11 is 3.43. The lowest BCUT2D eigenvalue weighted by Gasteiger charge is -2.56. The molecule has 0 saturated heterocycles. The molecule has 4 aliphatic carbocycles. The second-order valence-electron chi connectivity index (χ2n) is 9.02. The molecule has 0 radical (unpaired) electrons. The highest BCUT2D eigenvalue weighted by atomic mass is 79.9. The Morgan fingerprint density at radius 2 is 1.82 bits per heavy atom. The Labute approximate surface area is 172 Å². The van der Waals surface area contributed by atoms with Crippen molar-refractivity contribution in [2.75, 3.05) is 6.61 Å². The van der Waals surface area contributed by atoms with E-state index in [1.807, 2.05) is 25.1 Å². The standard InChI is InChI=1S/C22H24BrNO4/c1-12-17-7-16(23)2-3-18(17)28-20(12)21(26)27-11-19(25)24-22-8-13-4-14(9-22)6-15(5-13)10-22/h2-3,7,13-15H,4-6,8-11H2,1H3,(H,24,25). The number of hydrogen-bond donors (Lipinski definition) is 1. The zero-order chi connectivity index (χ0) is 19.5. The van der Waals surface area contributed by atoms with Gasteiger partial charge in [0, 0.05) is 21.0 Å². The van der Waals surface area contributed by atoms with Gasteiger partial charge in [-0.25, -0.2) is 4.79 Å². The van der Waals surface area contributed by atoms with Crippen molar-refractivity contribution in [3.63, 3.8) is 0 Å². The molecule has 2 aromatic rings. The topological polar surface area (TPSA) is 68.5 Å². The van der Waals surface area contributed by atoms with Gasteiger partial charge in [-0.15, -0.1) is 0 Å². The third-order valence-corrected chi connectivity index (χ3v) is 7.35. The summed E-state index contributed by atoms with van der Waals surface area (Å²) in [6, 6.07) is 5.58. The van der Waals surface area contributed by atoms with Crippen LogP contribution in [0.3, 0.4) is 0 Å². The van der Waals surface area contributed by atoms with E-state index in [-0.39, 0.29) is 23.8 Å². The van der Waals surface area contributed by atoms with Gasteiger partial charge in [-0.1, -0.05) is 15.9 Å². The molecular formula is C22H24BrNO4. The summed E-state index contributed by atoms with van der Waals surface area (Å²) in [5, 5.41) is 4.09. The van der Waals surface area contributed by atoms with Crippen molar-refractivity contribution in [3.05, 3.63) is 34.0 Å². The van der Waals surface area contributed by atoms with E-state index in [4.69, 9.17) is 9.15 Å². The number of nitrogens with one attached hydrogen (secondary N) is 1. The highest BCUT2D eigenvalue weighted by Crippen LogP contribution is 2.55. The van der Waals surface area contributed by atoms with Gasteiger partial charge in [0.15, 0.2) is 6.61 Å². The van der Waals surface area contributed by atoms with E-state index >= 15 is 0 Å². The molecular weight excluding hydrogens is 422 g/mol. The molecule has 6 heteroatoms. The molecule has 0 aliphatic heterocycles. The molecule has 4 aliphatic rings. The highest BCUT2D eigenvalue weighted by molar-refractivity contribution is 9.10. The van der Waals surface area contributed by atoms with Gasteiger partial charge in [-0.05, 0) is 81.4 Å². The van der Waals surface area contributed by atoms with E-state index in [0.29, 0.717) is 5.58 Å². The molecule has 1 aromatic carbocycles. The van der Waals surface area contributed by atoms with Gasteiger partial charge in [0.05, 0.1) is 0 Å². The molecule has 1 heterocycles. The Hall–Kier alpha value is -1.82. The average molecular weight is 446 g/mol. The molecule has 5 nitrogen and oxygen atoms in total. The summed E-state index contributed by atoms with van der Waals surface area (Å²) in [7, 11) is 0. The number of benzene rings is 1. The first kappa shape index (κ1) is 18.2. The number of fused-ring (bicyclic) bond motifs is 1. The van der Waals surface area contributed by atoms with Gasteiger partial charge < -0.3 is 14.5 Å². The van der Waals surface area contributed by atoms with Crippen molar-refractivity contribution in [2.45, 2.75) is 51.0 Å². The molecule has 1 aromatic heterocycles. The second-order valence-corrected chi connectivity index (χ2v) is 9.93. The number of furan rings is 1. The summed E-state index contributed by atoms with van der Waals surface area (Å²) in [4.78, 5) is 25.0. The van der Waals surface area contributed by atoms with Crippen molar-refractivity contribution in [1.29, 1.82) is 0 Å². The average Bonchev–Trinajstić information content (AvgIpc) is 2.94. The first-order valence-corrected chi connectivity index (χ1v) is 10.9. The lowest BCUT2D eigenvalue weighted by molar-refractivity contribution is -0.130. The monoisotopic (exact) mass is 445 g/mol. The number of carbonyl (C=O) groups is 2. The maximum Gasteiger partial charge on any atom is 0.375 e. The normalized spacial score (nSPS) is 30.6. The van der Waals surface area contributed by atoms with Crippen molar-refractivity contribution in [2.24, 2.45) is 17.8 Å².